The Labute approximate surface area is 179 Å². The van der Waals surface area contributed by atoms with Crippen LogP contribution in [0.4, 0.5) is 11.4 Å². The van der Waals surface area contributed by atoms with Crippen LogP contribution in [0.3, 0.4) is 0 Å². The summed E-state index contributed by atoms with van der Waals surface area (Å²) < 4.78 is 5.39. The van der Waals surface area contributed by atoms with Crippen LogP contribution in [0.25, 0.3) is 0 Å². The van der Waals surface area contributed by atoms with Gasteiger partial charge in [0.1, 0.15) is 5.75 Å². The molecule has 0 radical (unpaired) electrons. The molecule has 0 unspecified atom stereocenters. The van der Waals surface area contributed by atoms with E-state index in [1.54, 1.807) is 0 Å². The lowest BCUT2D eigenvalue weighted by molar-refractivity contribution is -0.117. The largest absolute Gasteiger partial charge is 0.508 e. The van der Waals surface area contributed by atoms with Gasteiger partial charge in [0.15, 0.2) is 0 Å². The van der Waals surface area contributed by atoms with Gasteiger partial charge in [0, 0.05) is 36.6 Å². The topological polar surface area (TPSA) is 65.0 Å². The number of phenolic OH excluding ortho intramolecular Hbond substituents is 1. The van der Waals surface area contributed by atoms with Crippen LogP contribution in [0, 0.1) is 6.92 Å². The maximum atomic E-state index is 12.5. The first-order valence-electron chi connectivity index (χ1n) is 10.6. The smallest absolute Gasteiger partial charge is 0.238 e. The van der Waals surface area contributed by atoms with Crippen LogP contribution in [-0.2, 0) is 16.1 Å². The fourth-order valence-electron chi connectivity index (χ4n) is 3.87. The second kappa shape index (κ2) is 9.96. The highest BCUT2D eigenvalue weighted by Crippen LogP contribution is 2.28. The van der Waals surface area contributed by atoms with Gasteiger partial charge in [-0.3, -0.25) is 9.69 Å². The van der Waals surface area contributed by atoms with Crippen LogP contribution < -0.4 is 10.2 Å². The van der Waals surface area contributed by atoms with Crippen molar-refractivity contribution in [2.45, 2.75) is 33.2 Å². The van der Waals surface area contributed by atoms with Crippen LogP contribution in [0.2, 0.25) is 0 Å². The Morgan fingerprint density at radius 2 is 1.87 bits per heavy atom. The van der Waals surface area contributed by atoms with Gasteiger partial charge in [0.2, 0.25) is 5.91 Å². The molecule has 6 nitrogen and oxygen atoms in total. The van der Waals surface area contributed by atoms with E-state index in [0.717, 1.165) is 48.8 Å². The molecule has 0 saturated carbocycles. The van der Waals surface area contributed by atoms with Crippen molar-refractivity contribution in [2.75, 3.05) is 50.1 Å². The van der Waals surface area contributed by atoms with Crippen molar-refractivity contribution in [1.29, 1.82) is 0 Å². The summed E-state index contributed by atoms with van der Waals surface area (Å²) in [4.78, 5) is 16.7. The number of aryl methyl sites for hydroxylation is 1. The summed E-state index contributed by atoms with van der Waals surface area (Å²) in [5.74, 6) is 0.591. The summed E-state index contributed by atoms with van der Waals surface area (Å²) in [7, 11) is 1.88. The Kier molecular flexibility index (Phi) is 7.34. The zero-order valence-corrected chi connectivity index (χ0v) is 18.4. The highest BCUT2D eigenvalue weighted by molar-refractivity contribution is 5.92. The predicted octanol–water partition coefficient (Wildman–Crippen LogP) is 3.73. The average molecular weight is 412 g/mol. The number of nitrogens with one attached hydrogen (secondary N) is 1. The molecule has 3 rings (SSSR count). The average Bonchev–Trinajstić information content (AvgIpc) is 2.71. The van der Waals surface area contributed by atoms with E-state index < -0.39 is 0 Å². The number of aromatic hydroxyl groups is 1. The standard InChI is InChI=1S/C24H33N3O3/c1-17(2)22-14-19(23(28)13-18(22)3)15-26(4)16-24(29)25-20-5-7-21(8-6-20)27-9-11-30-12-10-27/h5-8,13-14,17,28H,9-12,15-16H2,1-4H3,(H,25,29). The number of nitrogens with zero attached hydrogens (tertiary/aromatic N) is 2. The van der Waals surface area contributed by atoms with E-state index >= 15 is 0 Å². The van der Waals surface area contributed by atoms with Crippen molar-refractivity contribution in [3.05, 3.63) is 53.1 Å². The number of hydrogen-bond acceptors (Lipinski definition) is 5. The summed E-state index contributed by atoms with van der Waals surface area (Å²) in [5.41, 5.74) is 5.08. The highest BCUT2D eigenvalue weighted by Gasteiger charge is 2.14. The lowest BCUT2D eigenvalue weighted by Gasteiger charge is -2.28. The molecule has 162 valence electrons. The third-order valence-electron chi connectivity index (χ3n) is 5.47. The maximum absolute atomic E-state index is 12.5. The van der Waals surface area contributed by atoms with Gasteiger partial charge in [0.05, 0.1) is 19.8 Å². The molecule has 30 heavy (non-hydrogen) atoms. The Bertz CT molecular complexity index is 859. The Morgan fingerprint density at radius 3 is 2.50 bits per heavy atom. The zero-order valence-electron chi connectivity index (χ0n) is 18.4. The zero-order chi connectivity index (χ0) is 21.7. The van der Waals surface area contributed by atoms with Crippen LogP contribution in [0.5, 0.6) is 5.75 Å². The minimum atomic E-state index is -0.0766. The number of amides is 1. The molecule has 1 aliphatic rings. The lowest BCUT2D eigenvalue weighted by atomic mass is 9.95. The third-order valence-corrected chi connectivity index (χ3v) is 5.47. The molecule has 2 aromatic carbocycles. The van der Waals surface area contributed by atoms with E-state index in [1.807, 2.05) is 55.3 Å². The van der Waals surface area contributed by atoms with Crippen molar-refractivity contribution in [3.8, 4) is 5.75 Å². The molecule has 1 amide bonds. The molecule has 2 aromatic rings. The quantitative estimate of drug-likeness (QED) is 0.727. The molecule has 2 N–H and O–H groups in total. The lowest BCUT2D eigenvalue weighted by Crippen LogP contribution is -2.36. The summed E-state index contributed by atoms with van der Waals surface area (Å²) in [6.45, 7) is 10.3. The number of hydrogen-bond donors (Lipinski definition) is 2. The number of rotatable bonds is 7. The van der Waals surface area contributed by atoms with E-state index in [1.165, 1.54) is 5.56 Å². The number of anilines is 2. The molecule has 1 aliphatic heterocycles. The van der Waals surface area contributed by atoms with Crippen LogP contribution in [0.1, 0.15) is 36.5 Å². The summed E-state index contributed by atoms with van der Waals surface area (Å²) in [6.07, 6.45) is 0. The van der Waals surface area contributed by atoms with Crippen LogP contribution in [0.15, 0.2) is 36.4 Å². The van der Waals surface area contributed by atoms with Gasteiger partial charge in [-0.1, -0.05) is 19.9 Å². The fraction of sp³-hybridized carbons (Fsp3) is 0.458. The fourth-order valence-corrected chi connectivity index (χ4v) is 3.87. The van der Waals surface area contributed by atoms with Crippen molar-refractivity contribution in [2.24, 2.45) is 0 Å². The monoisotopic (exact) mass is 411 g/mol. The molecule has 0 atom stereocenters. The molecule has 1 saturated heterocycles. The molecule has 6 heteroatoms. The second-order valence-electron chi connectivity index (χ2n) is 8.36. The van der Waals surface area contributed by atoms with Gasteiger partial charge < -0.3 is 20.1 Å². The van der Waals surface area contributed by atoms with E-state index in [9.17, 15) is 9.90 Å². The van der Waals surface area contributed by atoms with E-state index in [2.05, 4.69) is 24.1 Å². The summed E-state index contributed by atoms with van der Waals surface area (Å²) in [6, 6.07) is 11.8. The van der Waals surface area contributed by atoms with Gasteiger partial charge >= 0.3 is 0 Å². The number of morpholine rings is 1. The minimum Gasteiger partial charge on any atom is -0.508 e. The molecular formula is C24H33N3O3. The predicted molar refractivity (Wildman–Crippen MR) is 121 cm³/mol. The van der Waals surface area contributed by atoms with E-state index in [4.69, 9.17) is 4.74 Å². The van der Waals surface area contributed by atoms with Gasteiger partial charge in [-0.05, 0) is 61.3 Å². The molecular weight excluding hydrogens is 378 g/mol. The highest BCUT2D eigenvalue weighted by atomic mass is 16.5. The molecule has 0 aromatic heterocycles. The Hall–Kier alpha value is -2.57. The van der Waals surface area contributed by atoms with E-state index in [-0.39, 0.29) is 18.2 Å². The summed E-state index contributed by atoms with van der Waals surface area (Å²) in [5, 5.41) is 13.3. The van der Waals surface area contributed by atoms with E-state index in [0.29, 0.717) is 12.5 Å². The van der Waals surface area contributed by atoms with Gasteiger partial charge in [-0.25, -0.2) is 0 Å². The molecule has 0 spiro atoms. The Morgan fingerprint density at radius 1 is 1.20 bits per heavy atom. The number of carbonyl (C=O) groups excluding carboxylic acids is 1. The first kappa shape index (κ1) is 22.1. The SMILES string of the molecule is Cc1cc(O)c(CN(C)CC(=O)Nc2ccc(N3CCOCC3)cc2)cc1C(C)C. The normalized spacial score (nSPS) is 14.4. The number of likely N-dealkylation sites (N-methyl/N-ethyl adjacent to an activating group) is 1. The van der Waals surface area contributed by atoms with Gasteiger partial charge in [0.25, 0.3) is 0 Å². The van der Waals surface area contributed by atoms with Crippen molar-refractivity contribution < 1.29 is 14.6 Å². The van der Waals surface area contributed by atoms with Crippen molar-refractivity contribution in [3.63, 3.8) is 0 Å². The third kappa shape index (κ3) is 5.74. The molecule has 0 aliphatic carbocycles. The Balaban J connectivity index is 1.55. The maximum Gasteiger partial charge on any atom is 0.238 e. The van der Waals surface area contributed by atoms with Crippen molar-refractivity contribution in [1.82, 2.24) is 4.90 Å². The number of ether oxygens (including phenoxy) is 1. The molecule has 0 bridgehead atoms. The first-order chi connectivity index (χ1) is 14.3. The molecule has 1 fully saturated rings. The minimum absolute atomic E-state index is 0.0766. The van der Waals surface area contributed by atoms with Gasteiger partial charge in [-0.2, -0.15) is 0 Å². The number of carbonyl (C=O) groups is 1. The number of phenols is 1. The second-order valence-corrected chi connectivity index (χ2v) is 8.36. The van der Waals surface area contributed by atoms with Crippen LogP contribution >= 0.6 is 0 Å². The number of benzene rings is 2. The van der Waals surface area contributed by atoms with Gasteiger partial charge in [-0.15, -0.1) is 0 Å². The summed E-state index contributed by atoms with van der Waals surface area (Å²) >= 11 is 0. The molecule has 1 heterocycles. The van der Waals surface area contributed by atoms with Crippen molar-refractivity contribution >= 4 is 17.3 Å². The first-order valence-corrected chi connectivity index (χ1v) is 10.6. The van der Waals surface area contributed by atoms with Crippen LogP contribution in [-0.4, -0.2) is 55.8 Å².